The summed E-state index contributed by atoms with van der Waals surface area (Å²) in [7, 11) is 0. The minimum absolute atomic E-state index is 0.0184. The summed E-state index contributed by atoms with van der Waals surface area (Å²) in [5, 5.41) is 3.76. The summed E-state index contributed by atoms with van der Waals surface area (Å²) in [6, 6.07) is 8.50. The van der Waals surface area contributed by atoms with E-state index in [1.807, 2.05) is 0 Å². The fourth-order valence-electron chi connectivity index (χ4n) is 4.77. The lowest BCUT2D eigenvalue weighted by molar-refractivity contribution is -0.110. The minimum atomic E-state index is -0.0184. The lowest BCUT2D eigenvalue weighted by atomic mass is 9.73. The van der Waals surface area contributed by atoms with E-state index in [9.17, 15) is 0 Å². The molecular weight excluding hydrogens is 336 g/mol. The van der Waals surface area contributed by atoms with E-state index >= 15 is 0 Å². The van der Waals surface area contributed by atoms with E-state index < -0.39 is 0 Å². The van der Waals surface area contributed by atoms with Gasteiger partial charge in [0.15, 0.2) is 0 Å². The topological polar surface area (TPSA) is 33.7 Å². The average molecular weight is 375 g/mol. The van der Waals surface area contributed by atoms with E-state index in [4.69, 9.17) is 9.47 Å². The molecule has 1 unspecified atom stereocenters. The summed E-state index contributed by atoms with van der Waals surface area (Å²) < 4.78 is 11.8. The van der Waals surface area contributed by atoms with Gasteiger partial charge in [-0.3, -0.25) is 0 Å². The Bertz CT molecular complexity index is 579. The number of benzene rings is 1. The van der Waals surface area contributed by atoms with Crippen LogP contribution in [0.15, 0.2) is 24.3 Å². The summed E-state index contributed by atoms with van der Waals surface area (Å²) in [4.78, 5) is 2.67. The number of ether oxygens (including phenoxy) is 2. The number of rotatable bonds is 8. The van der Waals surface area contributed by atoms with Crippen molar-refractivity contribution in [3.63, 3.8) is 0 Å². The fraction of sp³-hybridized carbons (Fsp3) is 0.739. The Hall–Kier alpha value is -1.10. The maximum absolute atomic E-state index is 6.03. The van der Waals surface area contributed by atoms with E-state index in [-0.39, 0.29) is 11.7 Å². The van der Waals surface area contributed by atoms with Crippen LogP contribution in [0.4, 0.5) is 0 Å². The van der Waals surface area contributed by atoms with Crippen LogP contribution in [0.5, 0.6) is 5.75 Å². The first-order valence-electron chi connectivity index (χ1n) is 10.7. The molecule has 27 heavy (non-hydrogen) atoms. The van der Waals surface area contributed by atoms with Crippen LogP contribution >= 0.6 is 0 Å². The second kappa shape index (κ2) is 8.93. The monoisotopic (exact) mass is 374 g/mol. The standard InChI is InChI=1S/C23H38N2O2/c1-19(2)27-21-9-7-20(8-10-21)15-24-17-23(18-25-12-5-6-13-25)11-14-26-22(3,4)16-23/h7-10,19,24H,5-6,11-18H2,1-4H3. The van der Waals surface area contributed by atoms with Crippen LogP contribution in [0.1, 0.15) is 58.9 Å². The third kappa shape index (κ3) is 6.20. The second-order valence-corrected chi connectivity index (χ2v) is 9.43. The maximum Gasteiger partial charge on any atom is 0.119 e. The highest BCUT2D eigenvalue weighted by Crippen LogP contribution is 2.39. The molecule has 1 N–H and O–H groups in total. The van der Waals surface area contributed by atoms with E-state index in [1.165, 1.54) is 38.0 Å². The number of likely N-dealkylation sites (tertiary alicyclic amines) is 1. The molecule has 2 aliphatic heterocycles. The van der Waals surface area contributed by atoms with Crippen LogP contribution in [0.25, 0.3) is 0 Å². The zero-order valence-corrected chi connectivity index (χ0v) is 17.7. The molecule has 1 aromatic carbocycles. The Labute approximate surface area is 165 Å². The van der Waals surface area contributed by atoms with Crippen molar-refractivity contribution in [2.24, 2.45) is 5.41 Å². The van der Waals surface area contributed by atoms with Gasteiger partial charge in [0, 0.05) is 31.7 Å². The third-order valence-corrected chi connectivity index (χ3v) is 5.81. The van der Waals surface area contributed by atoms with Crippen molar-refractivity contribution in [3.8, 4) is 5.75 Å². The predicted octanol–water partition coefficient (Wildman–Crippen LogP) is 4.23. The molecule has 2 aliphatic rings. The maximum atomic E-state index is 6.03. The average Bonchev–Trinajstić information content (AvgIpc) is 3.07. The van der Waals surface area contributed by atoms with Crippen LogP contribution in [0.2, 0.25) is 0 Å². The van der Waals surface area contributed by atoms with Gasteiger partial charge < -0.3 is 19.7 Å². The molecule has 2 heterocycles. The summed E-state index contributed by atoms with van der Waals surface area (Å²) in [6.45, 7) is 15.2. The molecule has 0 aromatic heterocycles. The Morgan fingerprint density at radius 3 is 2.48 bits per heavy atom. The van der Waals surface area contributed by atoms with E-state index in [0.29, 0.717) is 5.41 Å². The molecule has 0 amide bonds. The first kappa shape index (κ1) is 20.6. The minimum Gasteiger partial charge on any atom is -0.491 e. The molecule has 152 valence electrons. The summed E-state index contributed by atoms with van der Waals surface area (Å²) in [5.41, 5.74) is 1.61. The van der Waals surface area contributed by atoms with Crippen molar-refractivity contribution >= 4 is 0 Å². The highest BCUT2D eigenvalue weighted by atomic mass is 16.5. The van der Waals surface area contributed by atoms with Gasteiger partial charge in [0.2, 0.25) is 0 Å². The number of nitrogens with one attached hydrogen (secondary N) is 1. The van der Waals surface area contributed by atoms with Crippen LogP contribution in [0.3, 0.4) is 0 Å². The molecule has 4 nitrogen and oxygen atoms in total. The van der Waals surface area contributed by atoms with E-state index in [0.717, 1.165) is 38.3 Å². The number of nitrogens with zero attached hydrogens (tertiary/aromatic N) is 1. The molecular formula is C23H38N2O2. The van der Waals surface area contributed by atoms with Crippen molar-refractivity contribution in [2.45, 2.75) is 71.6 Å². The molecule has 1 atom stereocenters. The molecule has 0 saturated carbocycles. The highest BCUT2D eigenvalue weighted by Gasteiger charge is 2.41. The quantitative estimate of drug-likeness (QED) is 0.738. The molecule has 0 aliphatic carbocycles. The molecule has 2 saturated heterocycles. The van der Waals surface area contributed by atoms with Gasteiger partial charge in [-0.15, -0.1) is 0 Å². The van der Waals surface area contributed by atoms with Crippen molar-refractivity contribution in [1.82, 2.24) is 10.2 Å². The molecule has 0 radical (unpaired) electrons. The zero-order valence-electron chi connectivity index (χ0n) is 17.7. The highest BCUT2D eigenvalue weighted by molar-refractivity contribution is 5.27. The van der Waals surface area contributed by atoms with Gasteiger partial charge >= 0.3 is 0 Å². The van der Waals surface area contributed by atoms with Gasteiger partial charge in [-0.1, -0.05) is 12.1 Å². The molecule has 1 aromatic rings. The molecule has 2 fully saturated rings. The van der Waals surface area contributed by atoms with Crippen molar-refractivity contribution in [3.05, 3.63) is 29.8 Å². The molecule has 0 bridgehead atoms. The van der Waals surface area contributed by atoms with Gasteiger partial charge in [0.1, 0.15) is 5.75 Å². The van der Waals surface area contributed by atoms with Gasteiger partial charge in [-0.25, -0.2) is 0 Å². The lowest BCUT2D eigenvalue weighted by Crippen LogP contribution is -2.51. The Morgan fingerprint density at radius 1 is 1.15 bits per heavy atom. The number of hydrogen-bond donors (Lipinski definition) is 1. The Kier molecular flexibility index (Phi) is 6.83. The SMILES string of the molecule is CC(C)Oc1ccc(CNCC2(CN3CCCC3)CCOC(C)(C)C2)cc1. The van der Waals surface area contributed by atoms with Crippen LogP contribution in [-0.4, -0.2) is 49.4 Å². The predicted molar refractivity (Wildman–Crippen MR) is 111 cm³/mol. The van der Waals surface area contributed by atoms with Gasteiger partial charge in [0.05, 0.1) is 11.7 Å². The summed E-state index contributed by atoms with van der Waals surface area (Å²) in [5.74, 6) is 0.949. The molecule has 3 rings (SSSR count). The first-order valence-corrected chi connectivity index (χ1v) is 10.7. The van der Waals surface area contributed by atoms with Crippen LogP contribution in [-0.2, 0) is 11.3 Å². The Morgan fingerprint density at radius 2 is 1.85 bits per heavy atom. The fourth-order valence-corrected chi connectivity index (χ4v) is 4.77. The van der Waals surface area contributed by atoms with Gasteiger partial charge in [-0.2, -0.15) is 0 Å². The van der Waals surface area contributed by atoms with Gasteiger partial charge in [-0.05, 0) is 84.2 Å². The van der Waals surface area contributed by atoms with E-state index in [1.54, 1.807) is 0 Å². The third-order valence-electron chi connectivity index (χ3n) is 5.81. The summed E-state index contributed by atoms with van der Waals surface area (Å²) in [6.07, 6.45) is 5.21. The van der Waals surface area contributed by atoms with Crippen LogP contribution in [0, 0.1) is 5.41 Å². The normalized spacial score (nSPS) is 25.8. The molecule has 4 heteroatoms. The largest absolute Gasteiger partial charge is 0.491 e. The van der Waals surface area contributed by atoms with Crippen molar-refractivity contribution in [1.29, 1.82) is 0 Å². The van der Waals surface area contributed by atoms with Gasteiger partial charge in [0.25, 0.3) is 0 Å². The lowest BCUT2D eigenvalue weighted by Gasteiger charge is -2.47. The smallest absolute Gasteiger partial charge is 0.119 e. The van der Waals surface area contributed by atoms with Crippen molar-refractivity contribution < 1.29 is 9.47 Å². The molecule has 0 spiro atoms. The Balaban J connectivity index is 1.57. The van der Waals surface area contributed by atoms with Crippen molar-refractivity contribution in [2.75, 3.05) is 32.8 Å². The second-order valence-electron chi connectivity index (χ2n) is 9.43. The van der Waals surface area contributed by atoms with Crippen LogP contribution < -0.4 is 10.1 Å². The van der Waals surface area contributed by atoms with E-state index in [2.05, 4.69) is 62.2 Å². The zero-order chi connectivity index (χ0) is 19.3. The first-order chi connectivity index (χ1) is 12.9. The number of hydrogen-bond acceptors (Lipinski definition) is 4. The summed E-state index contributed by atoms with van der Waals surface area (Å²) >= 11 is 0.